The van der Waals surface area contributed by atoms with Gasteiger partial charge in [-0.1, -0.05) is 59.6 Å². The Kier molecular flexibility index (Phi) is 9.22. The van der Waals surface area contributed by atoms with Crippen molar-refractivity contribution in [3.63, 3.8) is 0 Å². The Hall–Kier alpha value is -3.36. The largest absolute Gasteiger partial charge is 0.350 e. The molecule has 0 aromatic heterocycles. The monoisotopic (exact) mass is 555 g/mol. The molecule has 0 aliphatic carbocycles. The second-order valence-electron chi connectivity index (χ2n) is 10.2. The Labute approximate surface area is 230 Å². The molecule has 0 fully saturated rings. The predicted octanol–water partition coefficient (Wildman–Crippen LogP) is 5.18. The lowest BCUT2D eigenvalue weighted by Crippen LogP contribution is -2.54. The fourth-order valence-corrected chi connectivity index (χ4v) is 5.50. The number of halogens is 1. The van der Waals surface area contributed by atoms with E-state index in [4.69, 9.17) is 11.6 Å². The first-order valence-corrected chi connectivity index (χ1v) is 14.1. The number of amides is 2. The van der Waals surface area contributed by atoms with Crippen LogP contribution in [0.4, 0.5) is 5.69 Å². The molecule has 0 unspecified atom stereocenters. The standard InChI is InChI=1S/C29H34ClN3O4S/c1-21-14-16-25(17-15-21)33(38(36,37)26-12-7-6-8-13-26)20-27(34)32(19-23-10-9-11-24(30)18-23)22(2)28(35)31-29(3,4)5/h6-18,22H,19-20H2,1-5H3,(H,31,35)/t22-/m1/s1. The minimum atomic E-state index is -4.09. The van der Waals surface area contributed by atoms with Crippen LogP contribution in [0.15, 0.2) is 83.8 Å². The second-order valence-corrected chi connectivity index (χ2v) is 12.5. The molecule has 202 valence electrons. The van der Waals surface area contributed by atoms with Crippen LogP contribution in [0.1, 0.15) is 38.8 Å². The third-order valence-electron chi connectivity index (χ3n) is 5.84. The molecule has 0 aliphatic rings. The van der Waals surface area contributed by atoms with Crippen LogP contribution in [0.25, 0.3) is 0 Å². The number of nitrogens with zero attached hydrogens (tertiary/aromatic N) is 2. The summed E-state index contributed by atoms with van der Waals surface area (Å²) in [5, 5.41) is 3.40. The van der Waals surface area contributed by atoms with Gasteiger partial charge in [0.1, 0.15) is 12.6 Å². The molecule has 0 radical (unpaired) electrons. The van der Waals surface area contributed by atoms with Gasteiger partial charge in [0, 0.05) is 17.1 Å². The molecule has 0 spiro atoms. The predicted molar refractivity (Wildman–Crippen MR) is 152 cm³/mol. The molecule has 0 aliphatic heterocycles. The Morgan fingerprint density at radius 3 is 2.16 bits per heavy atom. The van der Waals surface area contributed by atoms with Crippen LogP contribution < -0.4 is 9.62 Å². The van der Waals surface area contributed by atoms with E-state index in [-0.39, 0.29) is 17.3 Å². The lowest BCUT2D eigenvalue weighted by molar-refractivity contribution is -0.140. The molecule has 38 heavy (non-hydrogen) atoms. The van der Waals surface area contributed by atoms with Crippen molar-refractivity contribution in [2.75, 3.05) is 10.8 Å². The van der Waals surface area contributed by atoms with Gasteiger partial charge >= 0.3 is 0 Å². The zero-order valence-corrected chi connectivity index (χ0v) is 23.9. The van der Waals surface area contributed by atoms with Crippen molar-refractivity contribution < 1.29 is 18.0 Å². The summed E-state index contributed by atoms with van der Waals surface area (Å²) in [6.45, 7) is 8.67. The lowest BCUT2D eigenvalue weighted by Gasteiger charge is -2.33. The summed E-state index contributed by atoms with van der Waals surface area (Å²) in [7, 11) is -4.09. The van der Waals surface area contributed by atoms with Gasteiger partial charge in [-0.05, 0) is 76.6 Å². The molecule has 1 N–H and O–H groups in total. The zero-order chi connectivity index (χ0) is 28.1. The van der Waals surface area contributed by atoms with Crippen LogP contribution in [0.2, 0.25) is 5.02 Å². The summed E-state index contributed by atoms with van der Waals surface area (Å²) in [5.74, 6) is -0.873. The summed E-state index contributed by atoms with van der Waals surface area (Å²) >= 11 is 6.17. The summed E-state index contributed by atoms with van der Waals surface area (Å²) in [6.07, 6.45) is 0. The molecular weight excluding hydrogens is 522 g/mol. The molecule has 1 atom stereocenters. The van der Waals surface area contributed by atoms with E-state index in [9.17, 15) is 18.0 Å². The molecule has 0 saturated carbocycles. The number of hydrogen-bond donors (Lipinski definition) is 1. The van der Waals surface area contributed by atoms with E-state index in [0.29, 0.717) is 16.3 Å². The first-order valence-electron chi connectivity index (χ1n) is 12.3. The van der Waals surface area contributed by atoms with Gasteiger partial charge in [-0.2, -0.15) is 0 Å². The summed E-state index contributed by atoms with van der Waals surface area (Å²) in [4.78, 5) is 28.4. The van der Waals surface area contributed by atoms with Gasteiger partial charge in [0.15, 0.2) is 0 Å². The van der Waals surface area contributed by atoms with E-state index in [1.165, 1.54) is 17.0 Å². The topological polar surface area (TPSA) is 86.8 Å². The van der Waals surface area contributed by atoms with Crippen molar-refractivity contribution in [3.8, 4) is 0 Å². The van der Waals surface area contributed by atoms with Gasteiger partial charge < -0.3 is 10.2 Å². The maximum absolute atomic E-state index is 13.9. The zero-order valence-electron chi connectivity index (χ0n) is 22.3. The molecule has 0 saturated heterocycles. The van der Waals surface area contributed by atoms with Crippen molar-refractivity contribution in [2.24, 2.45) is 0 Å². The van der Waals surface area contributed by atoms with Crippen LogP contribution in [-0.2, 0) is 26.2 Å². The number of nitrogens with one attached hydrogen (secondary N) is 1. The van der Waals surface area contributed by atoms with Crippen LogP contribution in [0.3, 0.4) is 0 Å². The molecule has 3 rings (SSSR count). The summed E-state index contributed by atoms with van der Waals surface area (Å²) in [5.41, 5.74) is 1.50. The summed E-state index contributed by atoms with van der Waals surface area (Å²) < 4.78 is 28.5. The fraction of sp³-hybridized carbons (Fsp3) is 0.310. The van der Waals surface area contributed by atoms with Crippen LogP contribution in [0, 0.1) is 6.92 Å². The number of rotatable bonds is 9. The van der Waals surface area contributed by atoms with Crippen LogP contribution >= 0.6 is 11.6 Å². The number of hydrogen-bond acceptors (Lipinski definition) is 4. The first-order chi connectivity index (χ1) is 17.8. The highest BCUT2D eigenvalue weighted by molar-refractivity contribution is 7.92. The van der Waals surface area contributed by atoms with E-state index in [1.54, 1.807) is 73.7 Å². The van der Waals surface area contributed by atoms with Gasteiger partial charge in [0.25, 0.3) is 10.0 Å². The Morgan fingerprint density at radius 2 is 1.58 bits per heavy atom. The third-order valence-corrected chi connectivity index (χ3v) is 7.86. The summed E-state index contributed by atoms with van der Waals surface area (Å²) in [6, 6.07) is 21.0. The SMILES string of the molecule is Cc1ccc(N(CC(=O)N(Cc2cccc(Cl)c2)[C@H](C)C(=O)NC(C)(C)C)S(=O)(=O)c2ccccc2)cc1. The maximum Gasteiger partial charge on any atom is 0.264 e. The first kappa shape index (κ1) is 29.2. The van der Waals surface area contributed by atoms with Gasteiger partial charge in [0.2, 0.25) is 11.8 Å². The fourth-order valence-electron chi connectivity index (χ4n) is 3.85. The minimum absolute atomic E-state index is 0.0632. The van der Waals surface area contributed by atoms with Crippen molar-refractivity contribution in [1.82, 2.24) is 10.2 Å². The molecule has 7 nitrogen and oxygen atoms in total. The molecule has 3 aromatic carbocycles. The van der Waals surface area contributed by atoms with Crippen molar-refractivity contribution >= 4 is 39.1 Å². The average Bonchev–Trinajstić information content (AvgIpc) is 2.85. The third kappa shape index (κ3) is 7.58. The Balaban J connectivity index is 2.02. The highest BCUT2D eigenvalue weighted by Gasteiger charge is 2.33. The van der Waals surface area contributed by atoms with Crippen molar-refractivity contribution in [3.05, 3.63) is 95.0 Å². The molecule has 2 amide bonds. The highest BCUT2D eigenvalue weighted by Crippen LogP contribution is 2.25. The number of benzene rings is 3. The van der Waals surface area contributed by atoms with E-state index < -0.39 is 34.1 Å². The Bertz CT molecular complexity index is 1370. The maximum atomic E-state index is 13.9. The normalized spacial score (nSPS) is 12.5. The van der Waals surface area contributed by atoms with E-state index >= 15 is 0 Å². The quantitative estimate of drug-likeness (QED) is 0.394. The smallest absolute Gasteiger partial charge is 0.264 e. The van der Waals surface area contributed by atoms with E-state index in [1.807, 2.05) is 27.7 Å². The van der Waals surface area contributed by atoms with Crippen LogP contribution in [0.5, 0.6) is 0 Å². The van der Waals surface area contributed by atoms with E-state index in [2.05, 4.69) is 5.32 Å². The van der Waals surface area contributed by atoms with Gasteiger partial charge in [-0.25, -0.2) is 8.42 Å². The lowest BCUT2D eigenvalue weighted by atomic mass is 10.1. The number of aryl methyl sites for hydroxylation is 1. The molecule has 9 heteroatoms. The number of carbonyl (C=O) groups excluding carboxylic acids is 2. The number of carbonyl (C=O) groups is 2. The van der Waals surface area contributed by atoms with E-state index in [0.717, 1.165) is 9.87 Å². The highest BCUT2D eigenvalue weighted by atomic mass is 35.5. The minimum Gasteiger partial charge on any atom is -0.350 e. The van der Waals surface area contributed by atoms with Crippen LogP contribution in [-0.4, -0.2) is 43.3 Å². The van der Waals surface area contributed by atoms with Crippen molar-refractivity contribution in [2.45, 2.75) is 57.6 Å². The van der Waals surface area contributed by atoms with Gasteiger partial charge in [0.05, 0.1) is 10.6 Å². The molecular formula is C29H34ClN3O4S. The number of anilines is 1. The molecule has 0 bridgehead atoms. The van der Waals surface area contributed by atoms with Gasteiger partial charge in [-0.3, -0.25) is 13.9 Å². The average molecular weight is 556 g/mol. The Morgan fingerprint density at radius 1 is 0.947 bits per heavy atom. The van der Waals surface area contributed by atoms with Gasteiger partial charge in [-0.15, -0.1) is 0 Å². The second kappa shape index (κ2) is 12.0. The molecule has 0 heterocycles. The number of sulfonamides is 1. The molecule has 3 aromatic rings. The van der Waals surface area contributed by atoms with Crippen molar-refractivity contribution in [1.29, 1.82) is 0 Å².